The first-order chi connectivity index (χ1) is 11.4. The van der Waals surface area contributed by atoms with Gasteiger partial charge in [-0.1, -0.05) is 41.7 Å². The summed E-state index contributed by atoms with van der Waals surface area (Å²) in [4.78, 5) is 4.59. The lowest BCUT2D eigenvalue weighted by Gasteiger charge is -2.36. The molecule has 1 aliphatic rings. The van der Waals surface area contributed by atoms with Crippen LogP contribution in [0.25, 0.3) is 0 Å². The van der Waals surface area contributed by atoms with E-state index in [2.05, 4.69) is 22.5 Å². The van der Waals surface area contributed by atoms with Crippen LogP contribution in [-0.2, 0) is 4.74 Å². The van der Waals surface area contributed by atoms with Gasteiger partial charge in [-0.2, -0.15) is 0 Å². The molecule has 1 aromatic carbocycles. The summed E-state index contributed by atoms with van der Waals surface area (Å²) in [6.45, 7) is 8.17. The molecule has 1 aliphatic heterocycles. The Hall–Kier alpha value is -0.150. The zero-order valence-electron chi connectivity index (χ0n) is 14.2. The smallest absolute Gasteiger partial charge is 0.191 e. The molecule has 142 valence electrons. The highest BCUT2D eigenvalue weighted by atomic mass is 127. The minimum absolute atomic E-state index is 0. The van der Waals surface area contributed by atoms with Crippen LogP contribution in [0.5, 0.6) is 5.75 Å². The molecule has 0 spiro atoms. The molecule has 1 heterocycles. The summed E-state index contributed by atoms with van der Waals surface area (Å²) in [6, 6.07) is 3.20. The van der Waals surface area contributed by atoms with Crippen molar-refractivity contribution in [2.24, 2.45) is 10.4 Å². The van der Waals surface area contributed by atoms with E-state index in [1.54, 1.807) is 12.1 Å². The van der Waals surface area contributed by atoms with Crippen LogP contribution in [0.1, 0.15) is 13.8 Å². The first-order valence-electron chi connectivity index (χ1n) is 7.81. The Balaban J connectivity index is 0.00000312. The van der Waals surface area contributed by atoms with Crippen LogP contribution in [-0.4, -0.2) is 45.4 Å². The molecule has 9 heteroatoms. The van der Waals surface area contributed by atoms with Crippen molar-refractivity contribution in [2.45, 2.75) is 13.8 Å². The van der Waals surface area contributed by atoms with E-state index in [1.807, 2.05) is 6.92 Å². The van der Waals surface area contributed by atoms with Crippen LogP contribution in [0.3, 0.4) is 0 Å². The number of ether oxygens (including phenoxy) is 2. The van der Waals surface area contributed by atoms with E-state index in [-0.39, 0.29) is 29.4 Å². The predicted octanol–water partition coefficient (Wildman–Crippen LogP) is 4.24. The molecule has 0 atom stereocenters. The number of aliphatic imine (C=N–C) groups is 1. The second-order valence-corrected chi connectivity index (χ2v) is 7.22. The molecule has 2 rings (SSSR count). The highest BCUT2D eigenvalue weighted by molar-refractivity contribution is 14.0. The number of hydrogen-bond acceptors (Lipinski definition) is 3. The van der Waals surface area contributed by atoms with Gasteiger partial charge in [0.15, 0.2) is 11.7 Å². The molecule has 2 N–H and O–H groups in total. The van der Waals surface area contributed by atoms with Crippen LogP contribution in [0, 0.1) is 5.41 Å². The number of benzene rings is 1. The highest BCUT2D eigenvalue weighted by Gasteiger charge is 2.33. The van der Waals surface area contributed by atoms with Gasteiger partial charge in [-0.3, -0.25) is 4.99 Å². The SMILES string of the molecule is CCNC(=NCC1(C)COC1)NCCOc1c(Cl)cc(Cl)cc1Cl.I. The molecule has 1 saturated heterocycles. The average Bonchev–Trinajstić information content (AvgIpc) is 2.48. The fraction of sp³-hybridized carbons (Fsp3) is 0.562. The van der Waals surface area contributed by atoms with Crippen molar-refractivity contribution < 1.29 is 9.47 Å². The van der Waals surface area contributed by atoms with Gasteiger partial charge in [-0.05, 0) is 19.1 Å². The van der Waals surface area contributed by atoms with Crippen molar-refractivity contribution >= 4 is 64.7 Å². The van der Waals surface area contributed by atoms with E-state index in [9.17, 15) is 0 Å². The van der Waals surface area contributed by atoms with Crippen LogP contribution in [0.15, 0.2) is 17.1 Å². The summed E-state index contributed by atoms with van der Waals surface area (Å²) in [5, 5.41) is 7.69. The second-order valence-electron chi connectivity index (χ2n) is 5.97. The molecule has 0 radical (unpaired) electrons. The van der Waals surface area contributed by atoms with E-state index in [4.69, 9.17) is 44.3 Å². The summed E-state index contributed by atoms with van der Waals surface area (Å²) >= 11 is 18.1. The first kappa shape index (κ1) is 22.9. The van der Waals surface area contributed by atoms with E-state index in [0.29, 0.717) is 34.0 Å². The fourth-order valence-corrected chi connectivity index (χ4v) is 3.07. The second kappa shape index (κ2) is 10.9. The molecule has 0 aliphatic carbocycles. The Morgan fingerprint density at radius 3 is 2.40 bits per heavy atom. The summed E-state index contributed by atoms with van der Waals surface area (Å²) < 4.78 is 10.9. The molecule has 0 aromatic heterocycles. The van der Waals surface area contributed by atoms with Gasteiger partial charge in [0.05, 0.1) is 36.3 Å². The van der Waals surface area contributed by atoms with Gasteiger partial charge in [0.1, 0.15) is 6.61 Å². The summed E-state index contributed by atoms with van der Waals surface area (Å²) in [5.74, 6) is 1.19. The Morgan fingerprint density at radius 1 is 1.24 bits per heavy atom. The maximum Gasteiger partial charge on any atom is 0.191 e. The van der Waals surface area contributed by atoms with Gasteiger partial charge in [0.25, 0.3) is 0 Å². The average molecular weight is 523 g/mol. The lowest BCUT2D eigenvalue weighted by molar-refractivity contribution is -0.0945. The van der Waals surface area contributed by atoms with Crippen LogP contribution < -0.4 is 15.4 Å². The molecule has 0 bridgehead atoms. The zero-order valence-corrected chi connectivity index (χ0v) is 18.8. The monoisotopic (exact) mass is 521 g/mol. The van der Waals surface area contributed by atoms with Crippen molar-refractivity contribution in [3.8, 4) is 5.75 Å². The van der Waals surface area contributed by atoms with E-state index in [0.717, 1.165) is 32.3 Å². The Bertz CT molecular complexity index is 575. The van der Waals surface area contributed by atoms with Gasteiger partial charge in [0.2, 0.25) is 0 Å². The standard InChI is InChI=1S/C16H22Cl3N3O2.HI/c1-3-20-15(22-8-16(2)9-23-10-16)21-4-5-24-14-12(18)6-11(17)7-13(14)19;/h6-7H,3-5,8-10H2,1-2H3,(H2,20,21,22);1H. The van der Waals surface area contributed by atoms with E-state index in [1.165, 1.54) is 0 Å². The third-order valence-corrected chi connectivity index (χ3v) is 4.25. The molecule has 1 fully saturated rings. The summed E-state index contributed by atoms with van der Waals surface area (Å²) in [7, 11) is 0. The van der Waals surface area contributed by atoms with Crippen molar-refractivity contribution in [1.29, 1.82) is 0 Å². The van der Waals surface area contributed by atoms with Gasteiger partial charge >= 0.3 is 0 Å². The van der Waals surface area contributed by atoms with Crippen molar-refractivity contribution in [1.82, 2.24) is 10.6 Å². The lowest BCUT2D eigenvalue weighted by Crippen LogP contribution is -2.45. The Labute approximate surface area is 180 Å². The largest absolute Gasteiger partial charge is 0.489 e. The van der Waals surface area contributed by atoms with Crippen LogP contribution >= 0.6 is 58.8 Å². The number of halogens is 4. The quantitative estimate of drug-likeness (QED) is 0.244. The third-order valence-electron chi connectivity index (χ3n) is 3.47. The van der Waals surface area contributed by atoms with Gasteiger partial charge in [-0.25, -0.2) is 0 Å². The minimum atomic E-state index is 0. The normalized spacial score (nSPS) is 15.8. The molecule has 0 saturated carbocycles. The molecule has 25 heavy (non-hydrogen) atoms. The number of hydrogen-bond donors (Lipinski definition) is 2. The van der Waals surface area contributed by atoms with Gasteiger partial charge in [-0.15, -0.1) is 24.0 Å². The fourth-order valence-electron chi connectivity index (χ4n) is 2.14. The molecular weight excluding hydrogens is 499 g/mol. The number of nitrogens with zero attached hydrogens (tertiary/aromatic N) is 1. The molecule has 0 unspecified atom stereocenters. The van der Waals surface area contributed by atoms with E-state index >= 15 is 0 Å². The molecular formula is C16H23Cl3IN3O2. The number of guanidine groups is 1. The summed E-state index contributed by atoms with van der Waals surface area (Å²) in [5.41, 5.74) is 0.142. The molecule has 5 nitrogen and oxygen atoms in total. The van der Waals surface area contributed by atoms with Crippen molar-refractivity contribution in [3.63, 3.8) is 0 Å². The number of nitrogens with one attached hydrogen (secondary N) is 2. The van der Waals surface area contributed by atoms with Crippen LogP contribution in [0.2, 0.25) is 15.1 Å². The lowest BCUT2D eigenvalue weighted by atomic mass is 9.89. The maximum absolute atomic E-state index is 6.09. The van der Waals surface area contributed by atoms with Gasteiger partial charge in [0, 0.05) is 17.0 Å². The van der Waals surface area contributed by atoms with Crippen molar-refractivity contribution in [2.75, 3.05) is 39.5 Å². The van der Waals surface area contributed by atoms with Crippen LogP contribution in [0.4, 0.5) is 0 Å². The zero-order chi connectivity index (χ0) is 17.6. The molecule has 0 amide bonds. The Morgan fingerprint density at radius 2 is 1.88 bits per heavy atom. The third kappa shape index (κ3) is 7.17. The number of rotatable bonds is 7. The minimum Gasteiger partial charge on any atom is -0.489 e. The van der Waals surface area contributed by atoms with Gasteiger partial charge < -0.3 is 20.1 Å². The van der Waals surface area contributed by atoms with Crippen molar-refractivity contribution in [3.05, 3.63) is 27.2 Å². The Kier molecular flexibility index (Phi) is 9.95. The summed E-state index contributed by atoms with van der Waals surface area (Å²) in [6.07, 6.45) is 0. The highest BCUT2D eigenvalue weighted by Crippen LogP contribution is 2.35. The first-order valence-corrected chi connectivity index (χ1v) is 8.94. The molecule has 1 aromatic rings. The maximum atomic E-state index is 6.09. The predicted molar refractivity (Wildman–Crippen MR) is 115 cm³/mol. The topological polar surface area (TPSA) is 54.9 Å². The van der Waals surface area contributed by atoms with E-state index < -0.39 is 0 Å².